The molecule has 4 rings (SSSR count). The molecule has 1 aromatic carbocycles. The summed E-state index contributed by atoms with van der Waals surface area (Å²) in [5.74, 6) is 0.445. The molecule has 1 unspecified atom stereocenters. The molecule has 6 heteroatoms. The van der Waals surface area contributed by atoms with Crippen LogP contribution in [0.1, 0.15) is 29.8 Å². The molecule has 0 radical (unpaired) electrons. The van der Waals surface area contributed by atoms with E-state index >= 15 is 0 Å². The van der Waals surface area contributed by atoms with Crippen molar-refractivity contribution in [2.24, 2.45) is 5.92 Å². The highest BCUT2D eigenvalue weighted by Crippen LogP contribution is 2.24. The van der Waals surface area contributed by atoms with Crippen molar-refractivity contribution in [2.75, 3.05) is 13.1 Å². The molecular weight excluding hydrogens is 356 g/mol. The van der Waals surface area contributed by atoms with E-state index in [0.29, 0.717) is 18.7 Å². The fourth-order valence-electron chi connectivity index (χ4n) is 3.77. The first-order valence-electron chi connectivity index (χ1n) is 9.71. The number of carbonyl (C=O) groups excluding carboxylic acids is 2. The number of rotatable bonds is 4. The lowest BCUT2D eigenvalue weighted by Gasteiger charge is -2.36. The number of allylic oxidation sites excluding steroid dienone is 1. The Morgan fingerprint density at radius 2 is 1.93 bits per heavy atom. The normalized spacial score (nSPS) is 24.3. The summed E-state index contributed by atoms with van der Waals surface area (Å²) in [6.07, 6.45) is 5.36. The molecule has 2 heterocycles. The first-order chi connectivity index (χ1) is 13.6. The van der Waals surface area contributed by atoms with E-state index < -0.39 is 12.1 Å². The number of likely N-dealkylation sites (tertiary alicyclic amines) is 1. The van der Waals surface area contributed by atoms with Crippen molar-refractivity contribution in [1.29, 1.82) is 0 Å². The average molecular weight is 380 g/mol. The maximum atomic E-state index is 12.9. The van der Waals surface area contributed by atoms with Gasteiger partial charge in [-0.05, 0) is 31.4 Å². The predicted octanol–water partition coefficient (Wildman–Crippen LogP) is 2.60. The largest absolute Gasteiger partial charge is 0.451 e. The smallest absolute Gasteiger partial charge is 0.289 e. The van der Waals surface area contributed by atoms with E-state index in [-0.39, 0.29) is 30.0 Å². The number of nitrogens with zero attached hydrogens (tertiary/aromatic N) is 1. The van der Waals surface area contributed by atoms with Crippen LogP contribution in [-0.4, -0.2) is 47.1 Å². The second kappa shape index (κ2) is 8.02. The number of carbonyl (C=O) groups is 2. The van der Waals surface area contributed by atoms with Gasteiger partial charge in [-0.3, -0.25) is 9.59 Å². The van der Waals surface area contributed by atoms with Crippen molar-refractivity contribution in [3.05, 3.63) is 60.4 Å². The summed E-state index contributed by atoms with van der Waals surface area (Å²) in [4.78, 5) is 26.9. The van der Waals surface area contributed by atoms with Crippen LogP contribution in [0.4, 0.5) is 0 Å². The van der Waals surface area contributed by atoms with E-state index in [1.807, 2.05) is 42.5 Å². The molecule has 2 aliphatic rings. The van der Waals surface area contributed by atoms with Gasteiger partial charge < -0.3 is 19.7 Å². The van der Waals surface area contributed by atoms with Crippen LogP contribution in [0, 0.1) is 5.92 Å². The van der Waals surface area contributed by atoms with Crippen LogP contribution >= 0.6 is 0 Å². The number of aliphatic hydroxyl groups excluding tert-OH is 1. The molecule has 6 nitrogen and oxygen atoms in total. The van der Waals surface area contributed by atoms with Crippen LogP contribution < -0.4 is 5.32 Å². The van der Waals surface area contributed by atoms with E-state index in [9.17, 15) is 14.7 Å². The van der Waals surface area contributed by atoms with Gasteiger partial charge in [-0.2, -0.15) is 0 Å². The van der Waals surface area contributed by atoms with Crippen molar-refractivity contribution >= 4 is 11.8 Å². The molecule has 1 fully saturated rings. The van der Waals surface area contributed by atoms with Gasteiger partial charge in [0, 0.05) is 18.7 Å². The van der Waals surface area contributed by atoms with Crippen LogP contribution in [0.15, 0.2) is 59.0 Å². The van der Waals surface area contributed by atoms with E-state index in [4.69, 9.17) is 4.42 Å². The summed E-state index contributed by atoms with van der Waals surface area (Å²) in [6.45, 7) is 0.695. The summed E-state index contributed by atoms with van der Waals surface area (Å²) >= 11 is 0. The van der Waals surface area contributed by atoms with E-state index in [1.165, 1.54) is 0 Å². The van der Waals surface area contributed by atoms with Crippen LogP contribution in [0.25, 0.3) is 11.3 Å². The third kappa shape index (κ3) is 3.87. The number of amides is 2. The molecule has 0 spiro atoms. The Hall–Kier alpha value is -2.86. The lowest BCUT2D eigenvalue weighted by Crippen LogP contribution is -2.57. The van der Waals surface area contributed by atoms with E-state index in [0.717, 1.165) is 18.4 Å². The van der Waals surface area contributed by atoms with Gasteiger partial charge in [0.2, 0.25) is 5.91 Å². The second-order valence-corrected chi connectivity index (χ2v) is 7.36. The van der Waals surface area contributed by atoms with Crippen LogP contribution in [0.5, 0.6) is 0 Å². The predicted molar refractivity (Wildman–Crippen MR) is 104 cm³/mol. The third-order valence-electron chi connectivity index (χ3n) is 5.42. The van der Waals surface area contributed by atoms with Crippen molar-refractivity contribution < 1.29 is 19.1 Å². The lowest BCUT2D eigenvalue weighted by atomic mass is 10.00. The fraction of sp³-hybridized carbons (Fsp3) is 0.364. The number of piperidine rings is 1. The van der Waals surface area contributed by atoms with Gasteiger partial charge in [-0.25, -0.2) is 0 Å². The van der Waals surface area contributed by atoms with Crippen LogP contribution in [0.3, 0.4) is 0 Å². The highest BCUT2D eigenvalue weighted by molar-refractivity contribution is 5.92. The van der Waals surface area contributed by atoms with Crippen molar-refractivity contribution in [1.82, 2.24) is 10.2 Å². The standard InChI is InChI=1S/C22H24N2O4/c25-18-12-13-24(14-17(18)23-21(26)16-8-4-5-9-16)22(27)20-11-10-19(28-20)15-6-2-1-3-7-15/h1-4,6-8,10-11,16-18,25H,5,9,12-14H2,(H,23,26)/t16?,17-,18-/m1/s1. The molecule has 2 N–H and O–H groups in total. The molecule has 1 aliphatic carbocycles. The monoisotopic (exact) mass is 380 g/mol. The van der Waals surface area contributed by atoms with Crippen LogP contribution in [0.2, 0.25) is 0 Å². The zero-order valence-corrected chi connectivity index (χ0v) is 15.6. The van der Waals surface area contributed by atoms with Gasteiger partial charge in [-0.1, -0.05) is 42.5 Å². The zero-order valence-electron chi connectivity index (χ0n) is 15.6. The zero-order chi connectivity index (χ0) is 19.5. The highest BCUT2D eigenvalue weighted by Gasteiger charge is 2.34. The quantitative estimate of drug-likeness (QED) is 0.799. The molecular formula is C22H24N2O4. The fourth-order valence-corrected chi connectivity index (χ4v) is 3.77. The van der Waals surface area contributed by atoms with Crippen LogP contribution in [-0.2, 0) is 4.79 Å². The number of hydrogen-bond acceptors (Lipinski definition) is 4. The molecule has 1 aromatic heterocycles. The summed E-state index contributed by atoms with van der Waals surface area (Å²) in [6, 6.07) is 12.6. The Kier molecular flexibility index (Phi) is 5.30. The molecule has 0 bridgehead atoms. The summed E-state index contributed by atoms with van der Waals surface area (Å²) in [5.41, 5.74) is 0.908. The molecule has 2 aromatic rings. The maximum Gasteiger partial charge on any atom is 0.289 e. The van der Waals surface area contributed by atoms with Gasteiger partial charge in [-0.15, -0.1) is 0 Å². The molecule has 28 heavy (non-hydrogen) atoms. The highest BCUT2D eigenvalue weighted by atomic mass is 16.4. The Bertz CT molecular complexity index is 874. The van der Waals surface area contributed by atoms with Gasteiger partial charge >= 0.3 is 0 Å². The Labute approximate surface area is 163 Å². The van der Waals surface area contributed by atoms with E-state index in [1.54, 1.807) is 17.0 Å². The summed E-state index contributed by atoms with van der Waals surface area (Å²) < 4.78 is 5.76. The number of nitrogens with one attached hydrogen (secondary N) is 1. The molecule has 3 atom stereocenters. The molecule has 2 amide bonds. The summed E-state index contributed by atoms with van der Waals surface area (Å²) in [7, 11) is 0. The Balaban J connectivity index is 1.42. The molecule has 0 saturated carbocycles. The van der Waals surface area contributed by atoms with Gasteiger partial charge in [0.25, 0.3) is 5.91 Å². The molecule has 1 saturated heterocycles. The van der Waals surface area contributed by atoms with Gasteiger partial charge in [0.15, 0.2) is 5.76 Å². The van der Waals surface area contributed by atoms with Crippen molar-refractivity contribution in [3.63, 3.8) is 0 Å². The average Bonchev–Trinajstić information content (AvgIpc) is 3.42. The van der Waals surface area contributed by atoms with E-state index in [2.05, 4.69) is 5.32 Å². The lowest BCUT2D eigenvalue weighted by molar-refractivity contribution is -0.125. The molecule has 1 aliphatic heterocycles. The second-order valence-electron chi connectivity index (χ2n) is 7.36. The van der Waals surface area contributed by atoms with Gasteiger partial charge in [0.05, 0.1) is 18.1 Å². The first-order valence-corrected chi connectivity index (χ1v) is 9.71. The Morgan fingerprint density at radius 1 is 1.11 bits per heavy atom. The first kappa shape index (κ1) is 18.5. The SMILES string of the molecule is O=C(N[C@@H]1CN(C(=O)c2ccc(-c3ccccc3)o2)CC[C@H]1O)C1C=CCC1. The third-order valence-corrected chi connectivity index (χ3v) is 5.42. The topological polar surface area (TPSA) is 82.8 Å². The minimum absolute atomic E-state index is 0.0866. The molecule has 146 valence electrons. The summed E-state index contributed by atoms with van der Waals surface area (Å²) in [5, 5.41) is 13.2. The number of furan rings is 1. The number of aliphatic hydroxyl groups is 1. The number of benzene rings is 1. The van der Waals surface area contributed by atoms with Gasteiger partial charge in [0.1, 0.15) is 5.76 Å². The van der Waals surface area contributed by atoms with Crippen molar-refractivity contribution in [3.8, 4) is 11.3 Å². The minimum atomic E-state index is -0.658. The van der Waals surface area contributed by atoms with Crippen molar-refractivity contribution in [2.45, 2.75) is 31.4 Å². The maximum absolute atomic E-state index is 12.9. The number of hydrogen-bond donors (Lipinski definition) is 2. The minimum Gasteiger partial charge on any atom is -0.451 e. The Morgan fingerprint density at radius 3 is 2.68 bits per heavy atom.